The number of carbonyl (C=O) groups is 1. The summed E-state index contributed by atoms with van der Waals surface area (Å²) in [7, 11) is 0. The minimum absolute atomic E-state index is 0.0470. The Hall–Kier alpha value is -1.65. The van der Waals surface area contributed by atoms with E-state index in [4.69, 9.17) is 12.2 Å². The third kappa shape index (κ3) is 4.91. The Bertz CT molecular complexity index is 716. The second kappa shape index (κ2) is 7.28. The first-order valence-corrected chi connectivity index (χ1v) is 8.13. The Morgan fingerprint density at radius 2 is 1.78 bits per heavy atom. The molecular formula is C13H9BrF3N3OS2. The van der Waals surface area contributed by atoms with Crippen LogP contribution < -0.4 is 16.2 Å². The van der Waals surface area contributed by atoms with Gasteiger partial charge in [-0.05, 0) is 63.9 Å². The second-order valence-electron chi connectivity index (χ2n) is 4.21. The fourth-order valence-electron chi connectivity index (χ4n) is 1.53. The van der Waals surface area contributed by atoms with E-state index in [-0.39, 0.29) is 11.0 Å². The quantitative estimate of drug-likeness (QED) is 0.501. The highest BCUT2D eigenvalue weighted by Gasteiger charge is 2.29. The minimum Gasteiger partial charge on any atom is -0.331 e. The fourth-order valence-corrected chi connectivity index (χ4v) is 3.15. The molecule has 1 heterocycles. The van der Waals surface area contributed by atoms with Gasteiger partial charge in [-0.15, -0.1) is 11.3 Å². The van der Waals surface area contributed by atoms with Gasteiger partial charge in [-0.3, -0.25) is 15.6 Å². The number of thiophene rings is 1. The van der Waals surface area contributed by atoms with Gasteiger partial charge in [-0.25, -0.2) is 0 Å². The summed E-state index contributed by atoms with van der Waals surface area (Å²) in [4.78, 5) is 12.3. The molecule has 1 amide bonds. The van der Waals surface area contributed by atoms with Gasteiger partial charge in [0.2, 0.25) is 0 Å². The maximum Gasteiger partial charge on any atom is 0.416 e. The number of hydrazine groups is 1. The van der Waals surface area contributed by atoms with Crippen LogP contribution in [0.15, 0.2) is 40.2 Å². The number of thiocarbonyl (C=S) groups is 1. The van der Waals surface area contributed by atoms with Crippen molar-refractivity contribution in [2.45, 2.75) is 6.18 Å². The number of hydrogen-bond acceptors (Lipinski definition) is 3. The zero-order chi connectivity index (χ0) is 17.0. The lowest BCUT2D eigenvalue weighted by Crippen LogP contribution is -2.43. The van der Waals surface area contributed by atoms with E-state index in [0.717, 1.165) is 12.1 Å². The molecule has 0 aliphatic heterocycles. The Labute approximate surface area is 147 Å². The minimum atomic E-state index is -4.39. The fraction of sp³-hybridized carbons (Fsp3) is 0.0769. The molecule has 2 rings (SSSR count). The van der Waals surface area contributed by atoms with Gasteiger partial charge in [0.05, 0.1) is 5.56 Å². The monoisotopic (exact) mass is 423 g/mol. The molecule has 0 aliphatic carbocycles. The van der Waals surface area contributed by atoms with E-state index in [1.165, 1.54) is 23.5 Å². The summed E-state index contributed by atoms with van der Waals surface area (Å²) in [5.41, 5.74) is 4.48. The number of rotatable bonds is 2. The lowest BCUT2D eigenvalue weighted by Gasteiger charge is -2.12. The summed E-state index contributed by atoms with van der Waals surface area (Å²) in [5, 5.41) is 4.46. The van der Waals surface area contributed by atoms with Crippen LogP contribution in [-0.4, -0.2) is 11.0 Å². The normalized spacial score (nSPS) is 11.0. The second-order valence-corrected chi connectivity index (χ2v) is 6.38. The van der Waals surface area contributed by atoms with E-state index in [1.807, 2.05) is 0 Å². The number of carbonyl (C=O) groups excluding carboxylic acids is 1. The van der Waals surface area contributed by atoms with Crippen LogP contribution in [0, 0.1) is 0 Å². The van der Waals surface area contributed by atoms with Crippen LogP contribution >= 0.6 is 39.5 Å². The summed E-state index contributed by atoms with van der Waals surface area (Å²) >= 11 is 9.44. The molecule has 10 heteroatoms. The van der Waals surface area contributed by atoms with Crippen molar-refractivity contribution in [1.29, 1.82) is 0 Å². The smallest absolute Gasteiger partial charge is 0.331 e. The van der Waals surface area contributed by atoms with E-state index < -0.39 is 11.7 Å². The van der Waals surface area contributed by atoms with E-state index in [9.17, 15) is 18.0 Å². The van der Waals surface area contributed by atoms with Crippen molar-refractivity contribution < 1.29 is 18.0 Å². The lowest BCUT2D eigenvalue weighted by atomic mass is 10.2. The standard InChI is InChI=1S/C13H9BrF3N3OS2/c14-9-5-6-23-10(9)11(21)19-20-12(22)18-8-3-1-7(2-4-8)13(15,16)17/h1-6H,(H,19,21)(H2,18,20,22). The van der Waals surface area contributed by atoms with Crippen LogP contribution in [0.2, 0.25) is 0 Å². The van der Waals surface area contributed by atoms with Crippen molar-refractivity contribution in [1.82, 2.24) is 10.9 Å². The molecule has 1 aromatic carbocycles. The molecule has 3 N–H and O–H groups in total. The number of anilines is 1. The maximum atomic E-state index is 12.4. The molecule has 1 aromatic heterocycles. The molecule has 0 radical (unpaired) electrons. The van der Waals surface area contributed by atoms with Crippen molar-refractivity contribution in [3.8, 4) is 0 Å². The number of benzene rings is 1. The predicted molar refractivity (Wildman–Crippen MR) is 90.3 cm³/mol. The average molecular weight is 424 g/mol. The molecule has 0 saturated heterocycles. The lowest BCUT2D eigenvalue weighted by molar-refractivity contribution is -0.137. The third-order valence-corrected chi connectivity index (χ3v) is 4.62. The molecular weight excluding hydrogens is 415 g/mol. The molecule has 0 fully saturated rings. The topological polar surface area (TPSA) is 53.2 Å². The van der Waals surface area contributed by atoms with Gasteiger partial charge in [0.15, 0.2) is 5.11 Å². The zero-order valence-corrected chi connectivity index (χ0v) is 14.4. The van der Waals surface area contributed by atoms with Crippen molar-refractivity contribution in [3.05, 3.63) is 50.6 Å². The maximum absolute atomic E-state index is 12.4. The molecule has 0 bridgehead atoms. The number of halogens is 4. The molecule has 122 valence electrons. The Kier molecular flexibility index (Phi) is 5.60. The molecule has 0 atom stereocenters. The van der Waals surface area contributed by atoms with E-state index >= 15 is 0 Å². The summed E-state index contributed by atoms with van der Waals surface area (Å²) in [5.74, 6) is -0.386. The molecule has 0 aliphatic rings. The SMILES string of the molecule is O=C(NNC(=S)Nc1ccc(C(F)(F)F)cc1)c1sccc1Br. The first-order chi connectivity index (χ1) is 10.8. The molecule has 0 saturated carbocycles. The molecule has 4 nitrogen and oxygen atoms in total. The van der Waals surface area contributed by atoms with Gasteiger partial charge < -0.3 is 5.32 Å². The highest BCUT2D eigenvalue weighted by Crippen LogP contribution is 2.29. The highest BCUT2D eigenvalue weighted by atomic mass is 79.9. The van der Waals surface area contributed by atoms with Crippen LogP contribution in [0.5, 0.6) is 0 Å². The van der Waals surface area contributed by atoms with Gasteiger partial charge in [0.25, 0.3) is 5.91 Å². The summed E-state index contributed by atoms with van der Waals surface area (Å²) in [6.45, 7) is 0. The van der Waals surface area contributed by atoms with Crippen LogP contribution in [0.4, 0.5) is 18.9 Å². The van der Waals surface area contributed by atoms with Crippen LogP contribution in [-0.2, 0) is 6.18 Å². The molecule has 23 heavy (non-hydrogen) atoms. The summed E-state index contributed by atoms with van der Waals surface area (Å²) in [6, 6.07) is 6.10. The Morgan fingerprint density at radius 1 is 1.13 bits per heavy atom. The number of nitrogens with one attached hydrogen (secondary N) is 3. The Morgan fingerprint density at radius 3 is 2.30 bits per heavy atom. The molecule has 0 spiro atoms. The van der Waals surface area contributed by atoms with Crippen LogP contribution in [0.25, 0.3) is 0 Å². The summed E-state index contributed by atoms with van der Waals surface area (Å²) < 4.78 is 38.0. The predicted octanol–water partition coefficient (Wildman–Crippen LogP) is 4.16. The molecule has 0 unspecified atom stereocenters. The number of amides is 1. The van der Waals surface area contributed by atoms with Crippen molar-refractivity contribution >= 4 is 56.2 Å². The van der Waals surface area contributed by atoms with Gasteiger partial charge in [0.1, 0.15) is 4.88 Å². The third-order valence-electron chi connectivity index (χ3n) is 2.58. The largest absolute Gasteiger partial charge is 0.416 e. The Balaban J connectivity index is 1.88. The zero-order valence-electron chi connectivity index (χ0n) is 11.2. The van der Waals surface area contributed by atoms with Crippen molar-refractivity contribution in [3.63, 3.8) is 0 Å². The van der Waals surface area contributed by atoms with Gasteiger partial charge >= 0.3 is 6.18 Å². The van der Waals surface area contributed by atoms with Crippen molar-refractivity contribution in [2.24, 2.45) is 0 Å². The average Bonchev–Trinajstić information content (AvgIpc) is 2.90. The van der Waals surface area contributed by atoms with E-state index in [2.05, 4.69) is 32.1 Å². The number of alkyl halides is 3. The highest BCUT2D eigenvalue weighted by molar-refractivity contribution is 9.10. The van der Waals surface area contributed by atoms with Gasteiger partial charge in [0, 0.05) is 10.2 Å². The van der Waals surface area contributed by atoms with Crippen molar-refractivity contribution in [2.75, 3.05) is 5.32 Å². The molecule has 2 aromatic rings. The van der Waals surface area contributed by atoms with Gasteiger partial charge in [-0.2, -0.15) is 13.2 Å². The van der Waals surface area contributed by atoms with Gasteiger partial charge in [-0.1, -0.05) is 0 Å². The van der Waals surface area contributed by atoms with Crippen LogP contribution in [0.1, 0.15) is 15.2 Å². The number of hydrogen-bond donors (Lipinski definition) is 3. The van der Waals surface area contributed by atoms with Crippen LogP contribution in [0.3, 0.4) is 0 Å². The summed E-state index contributed by atoms with van der Waals surface area (Å²) in [6.07, 6.45) is -4.39. The first kappa shape index (κ1) is 17.7. The van der Waals surface area contributed by atoms with E-state index in [0.29, 0.717) is 15.0 Å². The van der Waals surface area contributed by atoms with E-state index in [1.54, 1.807) is 11.4 Å². The first-order valence-electron chi connectivity index (χ1n) is 6.05.